The number of anilines is 2. The van der Waals surface area contributed by atoms with Gasteiger partial charge >= 0.3 is 0 Å². The molecule has 10 heteroatoms. The first kappa shape index (κ1) is 24.2. The van der Waals surface area contributed by atoms with Crippen LogP contribution in [0, 0.1) is 24.5 Å². The molecule has 0 aliphatic carbocycles. The van der Waals surface area contributed by atoms with Gasteiger partial charge in [-0.15, -0.1) is 0 Å². The second-order valence-electron chi connectivity index (χ2n) is 9.49. The van der Waals surface area contributed by atoms with Gasteiger partial charge in [0.1, 0.15) is 22.9 Å². The van der Waals surface area contributed by atoms with E-state index in [0.29, 0.717) is 17.2 Å². The number of aliphatic hydroxyl groups excluding tert-OH is 1. The molecule has 1 saturated heterocycles. The minimum Gasteiger partial charge on any atom is -0.388 e. The maximum atomic E-state index is 14.9. The summed E-state index contributed by atoms with van der Waals surface area (Å²) >= 11 is 0. The zero-order chi connectivity index (χ0) is 25.4. The van der Waals surface area contributed by atoms with Crippen LogP contribution in [0.5, 0.6) is 0 Å². The first-order valence-electron chi connectivity index (χ1n) is 12.1. The molecule has 36 heavy (non-hydrogen) atoms. The molecule has 0 bridgehead atoms. The Hall–Kier alpha value is -3.50. The molecule has 188 valence electrons. The molecular formula is C26H29F2N7O. The number of rotatable bonds is 6. The Bertz CT molecular complexity index is 1380. The zero-order valence-corrected chi connectivity index (χ0v) is 20.5. The number of imidazole rings is 1. The molecule has 1 aliphatic heterocycles. The second kappa shape index (κ2) is 9.87. The van der Waals surface area contributed by atoms with Gasteiger partial charge < -0.3 is 20.3 Å². The Morgan fingerprint density at radius 1 is 1.11 bits per heavy atom. The number of benzene rings is 1. The van der Waals surface area contributed by atoms with Crippen LogP contribution in [-0.4, -0.2) is 42.7 Å². The lowest BCUT2D eigenvalue weighted by Gasteiger charge is -2.27. The van der Waals surface area contributed by atoms with E-state index in [2.05, 4.69) is 30.6 Å². The van der Waals surface area contributed by atoms with Crippen LogP contribution in [-0.2, 0) is 0 Å². The molecular weight excluding hydrogens is 464 g/mol. The summed E-state index contributed by atoms with van der Waals surface area (Å²) in [5.74, 6) is 0.190. The average Bonchev–Trinajstić information content (AvgIpc) is 3.22. The predicted octanol–water partition coefficient (Wildman–Crippen LogP) is 4.83. The minimum absolute atomic E-state index is 0.0284. The van der Waals surface area contributed by atoms with Crippen LogP contribution >= 0.6 is 0 Å². The van der Waals surface area contributed by atoms with Gasteiger partial charge in [0.25, 0.3) is 0 Å². The quantitative estimate of drug-likeness (QED) is 0.354. The highest BCUT2D eigenvalue weighted by Gasteiger charge is 2.23. The van der Waals surface area contributed by atoms with Crippen LogP contribution in [0.1, 0.15) is 50.2 Å². The van der Waals surface area contributed by atoms with Crippen molar-refractivity contribution in [3.63, 3.8) is 0 Å². The third kappa shape index (κ3) is 4.66. The third-order valence-corrected chi connectivity index (χ3v) is 6.61. The molecule has 1 aromatic carbocycles. The van der Waals surface area contributed by atoms with Crippen molar-refractivity contribution in [2.45, 2.75) is 45.8 Å². The summed E-state index contributed by atoms with van der Waals surface area (Å²) in [6.07, 6.45) is 4.07. The van der Waals surface area contributed by atoms with Crippen molar-refractivity contribution in [1.82, 2.24) is 29.8 Å². The fraction of sp³-hybridized carbons (Fsp3) is 0.385. The molecule has 8 nitrogen and oxygen atoms in total. The number of nitrogens with zero attached hydrogens (tertiary/aromatic N) is 5. The van der Waals surface area contributed by atoms with Gasteiger partial charge in [0.05, 0.1) is 17.8 Å². The molecule has 3 N–H and O–H groups in total. The summed E-state index contributed by atoms with van der Waals surface area (Å²) in [5, 5.41) is 16.9. The Labute approximate surface area is 207 Å². The molecule has 3 aromatic heterocycles. The molecule has 1 aliphatic rings. The lowest BCUT2D eigenvalue weighted by Crippen LogP contribution is -2.33. The summed E-state index contributed by atoms with van der Waals surface area (Å²) < 4.78 is 31.6. The summed E-state index contributed by atoms with van der Waals surface area (Å²) in [4.78, 5) is 17.0. The number of aryl methyl sites for hydroxylation is 1. The zero-order valence-electron chi connectivity index (χ0n) is 20.5. The van der Waals surface area contributed by atoms with Crippen LogP contribution in [0.3, 0.4) is 0 Å². The molecule has 4 heterocycles. The number of hydrogen-bond acceptors (Lipinski definition) is 7. The van der Waals surface area contributed by atoms with Crippen molar-refractivity contribution < 1.29 is 13.9 Å². The van der Waals surface area contributed by atoms with Crippen LogP contribution < -0.4 is 10.6 Å². The van der Waals surface area contributed by atoms with E-state index in [1.54, 1.807) is 24.4 Å². The van der Waals surface area contributed by atoms with Crippen LogP contribution in [0.15, 0.2) is 36.7 Å². The van der Waals surface area contributed by atoms with Crippen molar-refractivity contribution in [2.75, 3.05) is 18.4 Å². The van der Waals surface area contributed by atoms with Crippen molar-refractivity contribution in [1.29, 1.82) is 0 Å². The average molecular weight is 494 g/mol. The highest BCUT2D eigenvalue weighted by atomic mass is 19.1. The standard InChI is InChI=1S/C26H29F2N7O/c1-14(2)35-15(3)32-24-19(27)9-18(10-21(24)35)23-20(28)13-31-26(34-23)33-22-7-6-17(12-30-22)25(36)16-5-4-8-29-11-16/h6-7,9-10,12-14,16,25,29,36H,4-5,8,11H2,1-3H3,(H,30,31,33,34)/t16-,25-/m1/s1. The number of pyridine rings is 1. The van der Waals surface area contributed by atoms with Crippen molar-refractivity contribution >= 4 is 22.8 Å². The number of halogens is 2. The first-order valence-corrected chi connectivity index (χ1v) is 12.1. The summed E-state index contributed by atoms with van der Waals surface area (Å²) in [5.41, 5.74) is 1.81. The van der Waals surface area contributed by atoms with Gasteiger partial charge in [0, 0.05) is 30.3 Å². The Morgan fingerprint density at radius 2 is 1.94 bits per heavy atom. The summed E-state index contributed by atoms with van der Waals surface area (Å²) in [6, 6.07) is 6.51. The van der Waals surface area contributed by atoms with E-state index in [4.69, 9.17) is 0 Å². The SMILES string of the molecule is Cc1nc2c(F)cc(-c3nc(Nc4ccc([C@H](O)[C@@H]5CCCNC5)cn4)ncc3F)cc2n1C(C)C. The number of piperidine rings is 1. The van der Waals surface area contributed by atoms with Crippen LogP contribution in [0.4, 0.5) is 20.5 Å². The van der Waals surface area contributed by atoms with E-state index in [9.17, 15) is 13.9 Å². The van der Waals surface area contributed by atoms with Crippen LogP contribution in [0.2, 0.25) is 0 Å². The predicted molar refractivity (Wildman–Crippen MR) is 134 cm³/mol. The molecule has 2 atom stereocenters. The Balaban J connectivity index is 1.41. The molecule has 4 aromatic rings. The molecule has 1 fully saturated rings. The largest absolute Gasteiger partial charge is 0.388 e. The Morgan fingerprint density at radius 3 is 2.64 bits per heavy atom. The van der Waals surface area contributed by atoms with Gasteiger partial charge in [-0.3, -0.25) is 0 Å². The van der Waals surface area contributed by atoms with Gasteiger partial charge in [0.2, 0.25) is 5.95 Å². The fourth-order valence-corrected chi connectivity index (χ4v) is 4.88. The van der Waals surface area contributed by atoms with Gasteiger partial charge in [-0.1, -0.05) is 6.07 Å². The highest BCUT2D eigenvalue weighted by molar-refractivity contribution is 5.83. The van der Waals surface area contributed by atoms with E-state index in [1.165, 1.54) is 6.07 Å². The molecule has 0 spiro atoms. The van der Waals surface area contributed by atoms with Gasteiger partial charge in [0.15, 0.2) is 11.6 Å². The fourth-order valence-electron chi connectivity index (χ4n) is 4.88. The number of aliphatic hydroxyl groups is 1. The first-order chi connectivity index (χ1) is 17.3. The highest BCUT2D eigenvalue weighted by Crippen LogP contribution is 2.31. The van der Waals surface area contributed by atoms with Gasteiger partial charge in [-0.05, 0) is 63.9 Å². The summed E-state index contributed by atoms with van der Waals surface area (Å²) in [7, 11) is 0. The van der Waals surface area contributed by atoms with E-state index < -0.39 is 17.7 Å². The second-order valence-corrected chi connectivity index (χ2v) is 9.49. The smallest absolute Gasteiger partial charge is 0.229 e. The van der Waals surface area contributed by atoms with E-state index in [0.717, 1.165) is 37.7 Å². The number of fused-ring (bicyclic) bond motifs is 1. The molecule has 0 unspecified atom stereocenters. The van der Waals surface area contributed by atoms with Crippen molar-refractivity contribution in [3.05, 3.63) is 59.7 Å². The molecule has 0 saturated carbocycles. The lowest BCUT2D eigenvalue weighted by atomic mass is 9.90. The van der Waals surface area contributed by atoms with E-state index in [-0.39, 0.29) is 34.7 Å². The summed E-state index contributed by atoms with van der Waals surface area (Å²) in [6.45, 7) is 7.53. The molecule has 5 rings (SSSR count). The van der Waals surface area contributed by atoms with Gasteiger partial charge in [-0.25, -0.2) is 28.7 Å². The maximum Gasteiger partial charge on any atom is 0.229 e. The minimum atomic E-state index is -0.667. The number of aromatic nitrogens is 5. The van der Waals surface area contributed by atoms with Crippen molar-refractivity contribution in [3.8, 4) is 11.3 Å². The van der Waals surface area contributed by atoms with Gasteiger partial charge in [-0.2, -0.15) is 0 Å². The normalized spacial score (nSPS) is 17.0. The number of hydrogen-bond donors (Lipinski definition) is 3. The van der Waals surface area contributed by atoms with E-state index in [1.807, 2.05) is 25.3 Å². The Kier molecular flexibility index (Phi) is 6.63. The van der Waals surface area contributed by atoms with Crippen LogP contribution in [0.25, 0.3) is 22.3 Å². The van der Waals surface area contributed by atoms with Crippen molar-refractivity contribution in [2.24, 2.45) is 5.92 Å². The molecule has 0 radical (unpaired) electrons. The lowest BCUT2D eigenvalue weighted by molar-refractivity contribution is 0.0919. The molecule has 0 amide bonds. The van der Waals surface area contributed by atoms with E-state index >= 15 is 0 Å². The number of nitrogens with one attached hydrogen (secondary N) is 2. The topological polar surface area (TPSA) is 101 Å². The monoisotopic (exact) mass is 493 g/mol. The third-order valence-electron chi connectivity index (χ3n) is 6.61. The maximum absolute atomic E-state index is 14.9.